The molecule has 0 fully saturated rings. The van der Waals surface area contributed by atoms with Gasteiger partial charge in [-0.2, -0.15) is 0 Å². The number of para-hydroxylation sites is 1. The molecule has 0 saturated carbocycles. The Kier molecular flexibility index (Phi) is 6.40. The van der Waals surface area contributed by atoms with Crippen LogP contribution in [0, 0.1) is 0 Å². The minimum absolute atomic E-state index is 0.572. The van der Waals surface area contributed by atoms with Crippen LogP contribution in [0.25, 0.3) is 40.3 Å². The molecular weight excluding hydrogens is 605 g/mol. The lowest BCUT2D eigenvalue weighted by Crippen LogP contribution is -2.22. The summed E-state index contributed by atoms with van der Waals surface area (Å²) in [6, 6.07) is 42.9. The van der Waals surface area contributed by atoms with Crippen LogP contribution in [0.1, 0.15) is 0 Å². The zero-order chi connectivity index (χ0) is 30.6. The van der Waals surface area contributed by atoms with E-state index in [0.29, 0.717) is 5.88 Å². The number of rotatable bonds is 6. The number of hydrogen-bond donors (Lipinski definition) is 0. The molecule has 1 aliphatic rings. The number of nitrogens with zero attached hydrogens (tertiary/aromatic N) is 4. The molecule has 7 heteroatoms. The third-order valence-electron chi connectivity index (χ3n) is 8.44. The monoisotopic (exact) mass is 632 g/mol. The molecule has 5 nitrogen and oxygen atoms in total. The normalized spacial score (nSPS) is 13.1. The lowest BCUT2D eigenvalue weighted by molar-refractivity contribution is 0.469. The third-order valence-corrected chi connectivity index (χ3v) is 10.9. The van der Waals surface area contributed by atoms with Crippen molar-refractivity contribution in [2.24, 2.45) is 0 Å². The molecule has 222 valence electrons. The van der Waals surface area contributed by atoms with E-state index in [1.54, 1.807) is 17.5 Å². The molecule has 0 spiro atoms. The smallest absolute Gasteiger partial charge is 0.219 e. The topological polar surface area (TPSA) is 31.8 Å². The van der Waals surface area contributed by atoms with Gasteiger partial charge in [-0.05, 0) is 48.5 Å². The quantitative estimate of drug-likeness (QED) is 0.182. The Bertz CT molecular complexity index is 2420. The van der Waals surface area contributed by atoms with Gasteiger partial charge in [0.1, 0.15) is 5.75 Å². The van der Waals surface area contributed by atoms with Gasteiger partial charge in [-0.15, -0.1) is 22.7 Å². The van der Waals surface area contributed by atoms with Crippen LogP contribution in [0.4, 0.5) is 22.7 Å². The zero-order valence-electron chi connectivity index (χ0n) is 25.0. The Morgan fingerprint density at radius 3 is 1.98 bits per heavy atom. The average molecular weight is 633 g/mol. The fourth-order valence-corrected chi connectivity index (χ4v) is 8.70. The number of ether oxygens (including phenoxy) is 1. The van der Waals surface area contributed by atoms with Crippen LogP contribution in [0.2, 0.25) is 0 Å². The van der Waals surface area contributed by atoms with Gasteiger partial charge in [-0.3, -0.25) is 0 Å². The molecule has 4 heterocycles. The number of aromatic nitrogens is 1. The highest BCUT2D eigenvalue weighted by molar-refractivity contribution is 7.26. The highest BCUT2D eigenvalue weighted by Crippen LogP contribution is 2.49. The van der Waals surface area contributed by atoms with Crippen molar-refractivity contribution in [2.45, 2.75) is 0 Å². The van der Waals surface area contributed by atoms with Crippen molar-refractivity contribution in [1.29, 1.82) is 0 Å². The van der Waals surface area contributed by atoms with Crippen LogP contribution in [0.5, 0.6) is 11.6 Å². The van der Waals surface area contributed by atoms with Crippen molar-refractivity contribution in [3.8, 4) is 11.6 Å². The Morgan fingerprint density at radius 2 is 1.28 bits per heavy atom. The van der Waals surface area contributed by atoms with Crippen molar-refractivity contribution in [3.63, 3.8) is 0 Å². The maximum atomic E-state index is 6.57. The first-order valence-electron chi connectivity index (χ1n) is 15.2. The number of fused-ring (bicyclic) bond motifs is 6. The van der Waals surface area contributed by atoms with E-state index in [2.05, 4.69) is 142 Å². The maximum absolute atomic E-state index is 6.57. The van der Waals surface area contributed by atoms with Gasteiger partial charge in [0.15, 0.2) is 0 Å². The second-order valence-corrected chi connectivity index (χ2v) is 13.6. The first-order chi connectivity index (χ1) is 22.7. The lowest BCUT2D eigenvalue weighted by atomic mass is 10.1. The fourth-order valence-electron chi connectivity index (χ4n) is 6.35. The van der Waals surface area contributed by atoms with Crippen LogP contribution in [0.15, 0.2) is 140 Å². The molecule has 0 atom stereocenters. The summed E-state index contributed by atoms with van der Waals surface area (Å²) in [4.78, 5) is 11.4. The predicted octanol–water partition coefficient (Wildman–Crippen LogP) is 11.3. The standard InChI is InChI=1S/C39H28N4OS2/c1-41-19-20-42(25-41)33-23-27(21-31-29-13-5-7-15-35(29)45-38(31)33)43(26-11-3-2-4-12-26)28-22-32-30-14-6-8-16-36(30)46-39(32)34(24-28)44-37-17-9-10-18-40-37/h2-24H,25H2,1H3. The van der Waals surface area contributed by atoms with Gasteiger partial charge >= 0.3 is 0 Å². The number of thiophene rings is 2. The van der Waals surface area contributed by atoms with Gasteiger partial charge in [-0.1, -0.05) is 60.7 Å². The van der Waals surface area contributed by atoms with Crippen molar-refractivity contribution in [1.82, 2.24) is 9.88 Å². The molecule has 0 aliphatic carbocycles. The van der Waals surface area contributed by atoms with E-state index >= 15 is 0 Å². The fraction of sp³-hybridized carbons (Fsp3) is 0.0513. The van der Waals surface area contributed by atoms with Crippen LogP contribution in [0.3, 0.4) is 0 Å². The molecule has 5 aromatic carbocycles. The second kappa shape index (κ2) is 10.9. The molecule has 0 amide bonds. The van der Waals surface area contributed by atoms with E-state index in [-0.39, 0.29) is 0 Å². The molecule has 3 aromatic heterocycles. The van der Waals surface area contributed by atoms with E-state index in [9.17, 15) is 0 Å². The molecule has 46 heavy (non-hydrogen) atoms. The Hall–Kier alpha value is -5.37. The van der Waals surface area contributed by atoms with E-state index in [0.717, 1.165) is 39.6 Å². The highest BCUT2D eigenvalue weighted by atomic mass is 32.1. The summed E-state index contributed by atoms with van der Waals surface area (Å²) >= 11 is 3.61. The molecule has 0 radical (unpaired) electrons. The van der Waals surface area contributed by atoms with E-state index in [1.807, 2.05) is 29.5 Å². The van der Waals surface area contributed by atoms with Crippen molar-refractivity contribution in [2.75, 3.05) is 23.5 Å². The van der Waals surface area contributed by atoms with Gasteiger partial charge in [0.25, 0.3) is 0 Å². The summed E-state index contributed by atoms with van der Waals surface area (Å²) in [5.74, 6) is 1.36. The molecule has 0 bridgehead atoms. The van der Waals surface area contributed by atoms with Gasteiger partial charge in [-0.25, -0.2) is 4.98 Å². The van der Waals surface area contributed by atoms with Gasteiger partial charge < -0.3 is 19.4 Å². The van der Waals surface area contributed by atoms with Gasteiger partial charge in [0.2, 0.25) is 5.88 Å². The highest BCUT2D eigenvalue weighted by Gasteiger charge is 2.23. The van der Waals surface area contributed by atoms with Crippen LogP contribution >= 0.6 is 22.7 Å². The third kappa shape index (κ3) is 4.55. The molecule has 1 aliphatic heterocycles. The summed E-state index contributed by atoms with van der Waals surface area (Å²) < 4.78 is 11.5. The van der Waals surface area contributed by atoms with E-state index in [1.165, 1.54) is 35.9 Å². The Balaban J connectivity index is 1.33. The number of anilines is 4. The summed E-state index contributed by atoms with van der Waals surface area (Å²) in [7, 11) is 2.11. The number of benzene rings is 5. The molecule has 0 saturated heterocycles. The van der Waals surface area contributed by atoms with Crippen LogP contribution in [-0.4, -0.2) is 23.6 Å². The molecule has 9 rings (SSSR count). The summed E-state index contributed by atoms with van der Waals surface area (Å²) in [5, 5.41) is 4.90. The van der Waals surface area contributed by atoms with Crippen molar-refractivity contribution < 1.29 is 4.74 Å². The minimum Gasteiger partial charge on any atom is -0.437 e. The minimum atomic E-state index is 0.572. The van der Waals surface area contributed by atoms with Gasteiger partial charge in [0, 0.05) is 80.1 Å². The summed E-state index contributed by atoms with van der Waals surface area (Å²) in [5.41, 5.74) is 4.38. The first-order valence-corrected chi connectivity index (χ1v) is 16.8. The Morgan fingerprint density at radius 1 is 0.630 bits per heavy atom. The zero-order valence-corrected chi connectivity index (χ0v) is 26.6. The summed E-state index contributed by atoms with van der Waals surface area (Å²) in [6.07, 6.45) is 6.08. The lowest BCUT2D eigenvalue weighted by Gasteiger charge is -2.28. The molecule has 0 N–H and O–H groups in total. The second-order valence-electron chi connectivity index (χ2n) is 11.5. The van der Waals surface area contributed by atoms with Gasteiger partial charge in [0.05, 0.1) is 27.4 Å². The molecule has 0 unspecified atom stereocenters. The summed E-state index contributed by atoms with van der Waals surface area (Å²) in [6.45, 7) is 0.799. The largest absolute Gasteiger partial charge is 0.437 e. The SMILES string of the molecule is CN1C=CN(c2cc(N(c3ccccc3)c3cc(Oc4ccccn4)c4sc5ccccc5c4c3)cc3c2sc2ccccc23)C1. The molecular formula is C39H28N4OS2. The number of hydrogen-bond acceptors (Lipinski definition) is 7. The van der Waals surface area contributed by atoms with Crippen molar-refractivity contribution in [3.05, 3.63) is 140 Å². The van der Waals surface area contributed by atoms with E-state index in [4.69, 9.17) is 4.74 Å². The van der Waals surface area contributed by atoms with Crippen molar-refractivity contribution >= 4 is 85.8 Å². The van der Waals surface area contributed by atoms with E-state index < -0.39 is 0 Å². The number of pyridine rings is 1. The molecule has 8 aromatic rings. The van der Waals surface area contributed by atoms with Crippen LogP contribution in [-0.2, 0) is 0 Å². The first kappa shape index (κ1) is 27.0. The predicted molar refractivity (Wildman–Crippen MR) is 195 cm³/mol. The average Bonchev–Trinajstić information content (AvgIpc) is 3.81. The van der Waals surface area contributed by atoms with Crippen LogP contribution < -0.4 is 14.5 Å². The maximum Gasteiger partial charge on any atom is 0.219 e. The Labute approximate surface area is 274 Å².